The fourth-order valence-electron chi connectivity index (χ4n) is 2.29. The normalized spacial score (nSPS) is 11.7. The van der Waals surface area contributed by atoms with Gasteiger partial charge >= 0.3 is 6.61 Å². The first kappa shape index (κ1) is 20.6. The molecule has 9 heteroatoms. The number of hydrogen-bond acceptors (Lipinski definition) is 3. The first-order valence-corrected chi connectivity index (χ1v) is 8.41. The number of carbonyl (C=O) groups is 2. The summed E-state index contributed by atoms with van der Waals surface area (Å²) in [5.41, 5.74) is 0.947. The monoisotopic (exact) mass is 398 g/mol. The van der Waals surface area contributed by atoms with Crippen LogP contribution in [0.25, 0.3) is 0 Å². The molecule has 0 aliphatic rings. The number of amides is 2. The molecule has 0 saturated carbocycles. The van der Waals surface area contributed by atoms with Crippen LogP contribution in [0, 0.1) is 0 Å². The zero-order valence-electron chi connectivity index (χ0n) is 14.5. The standard InChI is InChI=1S/C18H18ClF2N3O3/c1-24(11-17(26)23-15-5-3-2-4-14(15)19)10-16(25)22-12-6-8-13(9-7-12)27-18(20)21/h2-9,18H,10-11H2,1H3,(H,22,25)(H,23,26)/p+1. The summed E-state index contributed by atoms with van der Waals surface area (Å²) >= 11 is 5.98. The molecular weight excluding hydrogens is 380 g/mol. The van der Waals surface area contributed by atoms with Crippen LogP contribution in [0.1, 0.15) is 0 Å². The number of anilines is 2. The number of halogens is 3. The molecule has 2 amide bonds. The van der Waals surface area contributed by atoms with Crippen LogP contribution in [0.2, 0.25) is 5.02 Å². The van der Waals surface area contributed by atoms with E-state index in [1.165, 1.54) is 24.3 Å². The Bertz CT molecular complexity index is 788. The molecule has 0 saturated heterocycles. The molecule has 1 atom stereocenters. The fraction of sp³-hybridized carbons (Fsp3) is 0.222. The van der Waals surface area contributed by atoms with E-state index < -0.39 is 6.61 Å². The molecule has 0 radical (unpaired) electrons. The average Bonchev–Trinajstić information content (AvgIpc) is 2.58. The van der Waals surface area contributed by atoms with Gasteiger partial charge < -0.3 is 20.3 Å². The molecule has 2 aromatic carbocycles. The van der Waals surface area contributed by atoms with Crippen LogP contribution in [0.4, 0.5) is 20.2 Å². The quantitative estimate of drug-likeness (QED) is 0.637. The summed E-state index contributed by atoms with van der Waals surface area (Å²) in [4.78, 5) is 24.7. The van der Waals surface area contributed by atoms with Crippen LogP contribution in [-0.2, 0) is 9.59 Å². The smallest absolute Gasteiger partial charge is 0.387 e. The molecule has 2 aromatic rings. The maximum absolute atomic E-state index is 12.1. The SMILES string of the molecule is C[NH+](CC(=O)Nc1ccc(OC(F)F)cc1)CC(=O)Nc1ccccc1Cl. The first-order valence-electron chi connectivity index (χ1n) is 8.04. The minimum Gasteiger partial charge on any atom is -0.435 e. The summed E-state index contributed by atoms with van der Waals surface area (Å²) in [5, 5.41) is 5.75. The Labute approximate surface area is 160 Å². The summed E-state index contributed by atoms with van der Waals surface area (Å²) in [7, 11) is 1.70. The number of ether oxygens (including phenoxy) is 1. The number of para-hydroxylation sites is 1. The average molecular weight is 399 g/mol. The third-order valence-electron chi connectivity index (χ3n) is 3.44. The van der Waals surface area contributed by atoms with Crippen LogP contribution in [0.3, 0.4) is 0 Å². The first-order chi connectivity index (χ1) is 12.8. The van der Waals surface area contributed by atoms with Gasteiger partial charge in [0.15, 0.2) is 13.1 Å². The summed E-state index contributed by atoms with van der Waals surface area (Å²) in [6.07, 6.45) is 0. The van der Waals surface area contributed by atoms with Crippen molar-refractivity contribution < 1.29 is 28.0 Å². The van der Waals surface area contributed by atoms with Gasteiger partial charge in [-0.3, -0.25) is 9.59 Å². The summed E-state index contributed by atoms with van der Waals surface area (Å²) in [6, 6.07) is 12.4. The number of carbonyl (C=O) groups excluding carboxylic acids is 2. The van der Waals surface area contributed by atoms with E-state index in [1.54, 1.807) is 31.3 Å². The van der Waals surface area contributed by atoms with Crippen molar-refractivity contribution in [1.29, 1.82) is 0 Å². The molecule has 27 heavy (non-hydrogen) atoms. The van der Waals surface area contributed by atoms with Crippen LogP contribution >= 0.6 is 11.6 Å². The van der Waals surface area contributed by atoms with E-state index in [2.05, 4.69) is 15.4 Å². The molecule has 0 aromatic heterocycles. The second-order valence-corrected chi connectivity index (χ2v) is 6.20. The van der Waals surface area contributed by atoms with Crippen molar-refractivity contribution in [2.45, 2.75) is 6.61 Å². The van der Waals surface area contributed by atoms with Crippen LogP contribution in [0.5, 0.6) is 5.75 Å². The van der Waals surface area contributed by atoms with Gasteiger partial charge in [-0.2, -0.15) is 8.78 Å². The van der Waals surface area contributed by atoms with Gasteiger partial charge in [0.25, 0.3) is 11.8 Å². The lowest BCUT2D eigenvalue weighted by Crippen LogP contribution is -3.11. The Balaban J connectivity index is 1.79. The number of rotatable bonds is 8. The maximum atomic E-state index is 12.1. The molecule has 0 spiro atoms. The van der Waals surface area contributed by atoms with Crippen molar-refractivity contribution in [3.63, 3.8) is 0 Å². The molecule has 3 N–H and O–H groups in total. The molecule has 0 aliphatic carbocycles. The molecule has 2 rings (SSSR count). The van der Waals surface area contributed by atoms with Crippen molar-refractivity contribution in [1.82, 2.24) is 0 Å². The molecule has 0 bridgehead atoms. The molecule has 6 nitrogen and oxygen atoms in total. The van der Waals surface area contributed by atoms with Crippen molar-refractivity contribution in [3.8, 4) is 5.75 Å². The Hall–Kier alpha value is -2.71. The van der Waals surface area contributed by atoms with Gasteiger partial charge in [-0.15, -0.1) is 0 Å². The molecule has 144 valence electrons. The fourth-order valence-corrected chi connectivity index (χ4v) is 2.48. The Morgan fingerprint density at radius 2 is 1.63 bits per heavy atom. The molecule has 0 fully saturated rings. The van der Waals surface area contributed by atoms with Gasteiger partial charge in [0.2, 0.25) is 0 Å². The summed E-state index contributed by atoms with van der Waals surface area (Å²) < 4.78 is 28.4. The van der Waals surface area contributed by atoms with E-state index in [-0.39, 0.29) is 30.7 Å². The zero-order valence-corrected chi connectivity index (χ0v) is 15.2. The summed E-state index contributed by atoms with van der Waals surface area (Å²) in [6.45, 7) is -2.79. The van der Waals surface area contributed by atoms with Crippen molar-refractivity contribution in [2.24, 2.45) is 0 Å². The highest BCUT2D eigenvalue weighted by molar-refractivity contribution is 6.33. The Kier molecular flexibility index (Phi) is 7.51. The minimum atomic E-state index is -2.90. The van der Waals surface area contributed by atoms with E-state index in [4.69, 9.17) is 11.6 Å². The van der Waals surface area contributed by atoms with E-state index >= 15 is 0 Å². The van der Waals surface area contributed by atoms with Gasteiger partial charge in [-0.25, -0.2) is 0 Å². The molecule has 0 aliphatic heterocycles. The molecular formula is C18H19ClF2N3O3+. The number of hydrogen-bond donors (Lipinski definition) is 3. The minimum absolute atomic E-state index is 0.00184. The van der Waals surface area contributed by atoms with Gasteiger partial charge in [0.05, 0.1) is 17.8 Å². The highest BCUT2D eigenvalue weighted by atomic mass is 35.5. The number of benzene rings is 2. The topological polar surface area (TPSA) is 71.9 Å². The second-order valence-electron chi connectivity index (χ2n) is 5.79. The predicted molar refractivity (Wildman–Crippen MR) is 98.4 cm³/mol. The molecule has 1 unspecified atom stereocenters. The zero-order chi connectivity index (χ0) is 19.8. The third-order valence-corrected chi connectivity index (χ3v) is 3.77. The second kappa shape index (κ2) is 9.84. The summed E-state index contributed by atoms with van der Waals surface area (Å²) in [5.74, 6) is -0.593. The van der Waals surface area contributed by atoms with E-state index in [0.29, 0.717) is 21.3 Å². The van der Waals surface area contributed by atoms with Gasteiger partial charge in [-0.1, -0.05) is 23.7 Å². The van der Waals surface area contributed by atoms with Crippen LogP contribution in [-0.4, -0.2) is 38.6 Å². The largest absolute Gasteiger partial charge is 0.435 e. The van der Waals surface area contributed by atoms with E-state index in [1.807, 2.05) is 0 Å². The van der Waals surface area contributed by atoms with Gasteiger partial charge in [0, 0.05) is 5.69 Å². The third kappa shape index (κ3) is 7.20. The van der Waals surface area contributed by atoms with Gasteiger partial charge in [-0.05, 0) is 36.4 Å². The maximum Gasteiger partial charge on any atom is 0.387 e. The van der Waals surface area contributed by atoms with E-state index in [0.717, 1.165) is 0 Å². The number of nitrogens with one attached hydrogen (secondary N) is 3. The number of likely N-dealkylation sites (N-methyl/N-ethyl adjacent to an activating group) is 1. The van der Waals surface area contributed by atoms with Crippen LogP contribution < -0.4 is 20.3 Å². The predicted octanol–water partition coefficient (Wildman–Crippen LogP) is 2.03. The Morgan fingerprint density at radius 3 is 2.22 bits per heavy atom. The lowest BCUT2D eigenvalue weighted by molar-refractivity contribution is -0.862. The van der Waals surface area contributed by atoms with Crippen molar-refractivity contribution >= 4 is 34.8 Å². The number of quaternary nitrogens is 1. The van der Waals surface area contributed by atoms with E-state index in [9.17, 15) is 18.4 Å². The highest BCUT2D eigenvalue weighted by Gasteiger charge is 2.15. The number of alkyl halides is 2. The van der Waals surface area contributed by atoms with Crippen molar-refractivity contribution in [3.05, 3.63) is 53.6 Å². The van der Waals surface area contributed by atoms with Crippen molar-refractivity contribution in [2.75, 3.05) is 30.8 Å². The lowest BCUT2D eigenvalue weighted by Gasteiger charge is -2.14. The molecule has 0 heterocycles. The highest BCUT2D eigenvalue weighted by Crippen LogP contribution is 2.20. The van der Waals surface area contributed by atoms with Gasteiger partial charge in [0.1, 0.15) is 5.75 Å². The van der Waals surface area contributed by atoms with Crippen LogP contribution in [0.15, 0.2) is 48.5 Å². The lowest BCUT2D eigenvalue weighted by atomic mass is 10.3. The Morgan fingerprint density at radius 1 is 1.04 bits per heavy atom.